The third-order valence-corrected chi connectivity index (χ3v) is 6.18. The lowest BCUT2D eigenvalue weighted by molar-refractivity contribution is 0.0963. The van der Waals surface area contributed by atoms with Crippen LogP contribution in [0.1, 0.15) is 68.7 Å². The first-order valence-corrected chi connectivity index (χ1v) is 12.0. The van der Waals surface area contributed by atoms with Crippen molar-refractivity contribution in [1.29, 1.82) is 0 Å². The lowest BCUT2D eigenvalue weighted by Crippen LogP contribution is -2.18. The molecule has 0 saturated heterocycles. The number of nitrogen functional groups attached to an aromatic ring is 1. The van der Waals surface area contributed by atoms with E-state index in [1.54, 1.807) is 12.1 Å². The van der Waals surface area contributed by atoms with Gasteiger partial charge in [-0.15, -0.1) is 0 Å². The number of carbonyl (C=O) groups excluding carboxylic acids is 2. The summed E-state index contributed by atoms with van der Waals surface area (Å²) < 4.78 is 25.0. The zero-order valence-electron chi connectivity index (χ0n) is 17.7. The number of hydrogen-bond donors (Lipinski definition) is 2. The Labute approximate surface area is 177 Å². The third kappa shape index (κ3) is 4.73. The van der Waals surface area contributed by atoms with Crippen molar-refractivity contribution in [1.82, 2.24) is 0 Å². The van der Waals surface area contributed by atoms with E-state index in [9.17, 15) is 18.0 Å². The minimum Gasteiger partial charge on any atom is -0.398 e. The first-order valence-electron chi connectivity index (χ1n) is 10.1. The van der Waals surface area contributed by atoms with E-state index in [2.05, 4.69) is 4.72 Å². The topological polar surface area (TPSA) is 106 Å². The highest BCUT2D eigenvalue weighted by Gasteiger charge is 2.23. The lowest BCUT2D eigenvalue weighted by atomic mass is 9.86. The number of carbonyl (C=O) groups is 2. The maximum absolute atomic E-state index is 11.8. The van der Waals surface area contributed by atoms with E-state index in [-0.39, 0.29) is 11.6 Å². The second-order valence-electron chi connectivity index (χ2n) is 8.04. The average molecular weight is 429 g/mol. The predicted molar refractivity (Wildman–Crippen MR) is 120 cm³/mol. The van der Waals surface area contributed by atoms with Crippen LogP contribution in [-0.4, -0.2) is 26.2 Å². The number of Topliss-reactive ketones (excluding diaryl/α,β-unsaturated/α-hetero) is 2. The molecule has 6 nitrogen and oxygen atoms in total. The minimum absolute atomic E-state index is 0.112. The zero-order valence-corrected chi connectivity index (χ0v) is 18.5. The van der Waals surface area contributed by atoms with Gasteiger partial charge in [0, 0.05) is 29.7 Å². The molecule has 0 aliphatic heterocycles. The standard InChI is InChI=1S/C12H15NO3S.C11H13NO/c1-8-6-7-10(13-17(2,15)16)9-4-3-5-11(14)12(8)9;1-7-5-6-9(12)8-3-2-4-10(13)11(7)8/h6-7,13H,3-5H2,1-2H3;5-6H,2-4,12H2,1H3. The van der Waals surface area contributed by atoms with Crippen LogP contribution in [0.15, 0.2) is 24.3 Å². The Morgan fingerprint density at radius 3 is 1.83 bits per heavy atom. The highest BCUT2D eigenvalue weighted by atomic mass is 32.2. The van der Waals surface area contributed by atoms with E-state index < -0.39 is 10.0 Å². The van der Waals surface area contributed by atoms with Crippen molar-refractivity contribution in [3.63, 3.8) is 0 Å². The molecule has 160 valence electrons. The molecule has 0 unspecified atom stereocenters. The highest BCUT2D eigenvalue weighted by molar-refractivity contribution is 7.92. The molecule has 2 aliphatic rings. The number of benzene rings is 2. The number of sulfonamides is 1. The molecular weight excluding hydrogens is 400 g/mol. The van der Waals surface area contributed by atoms with Crippen LogP contribution in [0.3, 0.4) is 0 Å². The number of fused-ring (bicyclic) bond motifs is 2. The fourth-order valence-corrected chi connectivity index (χ4v) is 4.84. The largest absolute Gasteiger partial charge is 0.398 e. The summed E-state index contributed by atoms with van der Waals surface area (Å²) >= 11 is 0. The zero-order chi connectivity index (χ0) is 22.1. The summed E-state index contributed by atoms with van der Waals surface area (Å²) in [5.41, 5.74) is 12.6. The number of hydrogen-bond acceptors (Lipinski definition) is 5. The van der Waals surface area contributed by atoms with Gasteiger partial charge in [0.15, 0.2) is 11.6 Å². The number of aryl methyl sites for hydroxylation is 2. The Bertz CT molecular complexity index is 1120. The van der Waals surface area contributed by atoms with Crippen molar-refractivity contribution in [3.8, 4) is 0 Å². The molecular formula is C23H28N2O4S. The molecule has 0 spiro atoms. The van der Waals surface area contributed by atoms with Crippen LogP contribution in [0.5, 0.6) is 0 Å². The maximum atomic E-state index is 11.8. The summed E-state index contributed by atoms with van der Waals surface area (Å²) in [6, 6.07) is 7.34. The molecule has 7 heteroatoms. The first-order chi connectivity index (χ1) is 14.1. The highest BCUT2D eigenvalue weighted by Crippen LogP contribution is 2.31. The van der Waals surface area contributed by atoms with Crippen LogP contribution in [0.25, 0.3) is 0 Å². The van der Waals surface area contributed by atoms with Crippen LogP contribution < -0.4 is 10.5 Å². The molecule has 0 fully saturated rings. The van der Waals surface area contributed by atoms with E-state index in [0.29, 0.717) is 24.1 Å². The SMILES string of the molecule is Cc1ccc(N)c2c1C(=O)CCC2.Cc1ccc(NS(C)(=O)=O)c2c1C(=O)CCC2. The van der Waals surface area contributed by atoms with Crippen LogP contribution in [0.2, 0.25) is 0 Å². The molecule has 0 bridgehead atoms. The Morgan fingerprint density at radius 2 is 1.30 bits per heavy atom. The summed E-state index contributed by atoms with van der Waals surface area (Å²) in [4.78, 5) is 23.4. The molecule has 0 atom stereocenters. The van der Waals surface area contributed by atoms with Gasteiger partial charge in [0.05, 0.1) is 11.9 Å². The normalized spacial score (nSPS) is 15.6. The quantitative estimate of drug-likeness (QED) is 0.704. The molecule has 30 heavy (non-hydrogen) atoms. The van der Waals surface area contributed by atoms with Crippen LogP contribution in [-0.2, 0) is 22.9 Å². The van der Waals surface area contributed by atoms with Gasteiger partial charge in [0.2, 0.25) is 10.0 Å². The summed E-state index contributed by atoms with van der Waals surface area (Å²) in [7, 11) is -3.30. The minimum atomic E-state index is -3.30. The molecule has 2 aliphatic carbocycles. The fraction of sp³-hybridized carbons (Fsp3) is 0.391. The van der Waals surface area contributed by atoms with Crippen molar-refractivity contribution in [2.45, 2.75) is 52.4 Å². The van der Waals surface area contributed by atoms with Gasteiger partial charge in [-0.1, -0.05) is 12.1 Å². The molecule has 0 saturated carbocycles. The lowest BCUT2D eigenvalue weighted by Gasteiger charge is -2.20. The molecule has 0 amide bonds. The van der Waals surface area contributed by atoms with E-state index in [1.165, 1.54) is 0 Å². The number of rotatable bonds is 2. The van der Waals surface area contributed by atoms with Gasteiger partial charge in [-0.25, -0.2) is 8.42 Å². The third-order valence-electron chi connectivity index (χ3n) is 5.59. The van der Waals surface area contributed by atoms with Crippen LogP contribution >= 0.6 is 0 Å². The van der Waals surface area contributed by atoms with Crippen LogP contribution in [0, 0.1) is 13.8 Å². The van der Waals surface area contributed by atoms with E-state index in [0.717, 1.165) is 65.4 Å². The summed E-state index contributed by atoms with van der Waals surface area (Å²) in [6.07, 6.45) is 5.78. The molecule has 2 aromatic carbocycles. The smallest absolute Gasteiger partial charge is 0.229 e. The number of anilines is 2. The van der Waals surface area contributed by atoms with Crippen molar-refractivity contribution in [2.24, 2.45) is 0 Å². The van der Waals surface area contributed by atoms with Crippen molar-refractivity contribution >= 4 is 33.0 Å². The Balaban J connectivity index is 0.000000177. The molecule has 4 rings (SSSR count). The predicted octanol–water partition coefficient (Wildman–Crippen LogP) is 3.98. The van der Waals surface area contributed by atoms with E-state index >= 15 is 0 Å². The molecule has 0 aromatic heterocycles. The molecule has 3 N–H and O–H groups in total. The van der Waals surface area contributed by atoms with Gasteiger partial charge in [-0.2, -0.15) is 0 Å². The Kier molecular flexibility index (Phi) is 6.31. The average Bonchev–Trinajstić information content (AvgIpc) is 2.67. The summed E-state index contributed by atoms with van der Waals surface area (Å²) in [5, 5.41) is 0. The molecule has 2 aromatic rings. The first kappa shape index (κ1) is 22.0. The maximum Gasteiger partial charge on any atom is 0.229 e. The van der Waals surface area contributed by atoms with Crippen molar-refractivity contribution < 1.29 is 18.0 Å². The van der Waals surface area contributed by atoms with Crippen LogP contribution in [0.4, 0.5) is 11.4 Å². The van der Waals surface area contributed by atoms with Gasteiger partial charge < -0.3 is 5.73 Å². The van der Waals surface area contributed by atoms with Gasteiger partial charge in [-0.05, 0) is 73.9 Å². The number of nitrogens with two attached hydrogens (primary N) is 1. The Hall–Kier alpha value is -2.67. The summed E-state index contributed by atoms with van der Waals surface area (Å²) in [5.74, 6) is 0.368. The van der Waals surface area contributed by atoms with Crippen molar-refractivity contribution in [3.05, 3.63) is 57.6 Å². The van der Waals surface area contributed by atoms with Crippen molar-refractivity contribution in [2.75, 3.05) is 16.7 Å². The van der Waals surface area contributed by atoms with E-state index in [1.807, 2.05) is 26.0 Å². The molecule has 0 radical (unpaired) electrons. The van der Waals surface area contributed by atoms with Gasteiger partial charge in [0.25, 0.3) is 0 Å². The Morgan fingerprint density at radius 1 is 0.800 bits per heavy atom. The number of nitrogens with one attached hydrogen (secondary N) is 1. The second-order valence-corrected chi connectivity index (χ2v) is 9.78. The monoisotopic (exact) mass is 428 g/mol. The summed E-state index contributed by atoms with van der Waals surface area (Å²) in [6.45, 7) is 3.85. The second kappa shape index (κ2) is 8.60. The van der Waals surface area contributed by atoms with Gasteiger partial charge >= 0.3 is 0 Å². The van der Waals surface area contributed by atoms with Gasteiger partial charge in [0.1, 0.15) is 0 Å². The van der Waals surface area contributed by atoms with E-state index in [4.69, 9.17) is 5.73 Å². The molecule has 0 heterocycles. The van der Waals surface area contributed by atoms with Gasteiger partial charge in [-0.3, -0.25) is 14.3 Å². The fourth-order valence-electron chi connectivity index (χ4n) is 4.25. The number of ketones is 2.